The van der Waals surface area contributed by atoms with Crippen molar-refractivity contribution >= 4 is 10.1 Å². The van der Waals surface area contributed by atoms with Gasteiger partial charge in [-0.3, -0.25) is 0 Å². The number of aliphatic hydroxyl groups is 1. The second-order valence-electron chi connectivity index (χ2n) is 7.35. The predicted molar refractivity (Wildman–Crippen MR) is 90.0 cm³/mol. The fourth-order valence-electron chi connectivity index (χ4n) is 2.81. The van der Waals surface area contributed by atoms with Crippen molar-refractivity contribution in [2.24, 2.45) is 5.92 Å². The van der Waals surface area contributed by atoms with Gasteiger partial charge >= 0.3 is 0 Å². The van der Waals surface area contributed by atoms with Crippen molar-refractivity contribution in [3.05, 3.63) is 29.8 Å². The highest BCUT2D eigenvalue weighted by molar-refractivity contribution is 7.85. The molecule has 1 fully saturated rings. The third-order valence-corrected chi connectivity index (χ3v) is 4.81. The maximum Gasteiger partial charge on any atom is 0.124 e. The van der Waals surface area contributed by atoms with Gasteiger partial charge in [-0.15, -0.1) is 0 Å². The highest BCUT2D eigenvalue weighted by atomic mass is 32.2. The maximum atomic E-state index is 10.4. The molecule has 0 saturated heterocycles. The van der Waals surface area contributed by atoms with E-state index in [1.165, 1.54) is 31.4 Å². The molecule has 2 rings (SSSR count). The lowest BCUT2D eigenvalue weighted by atomic mass is 9.86. The molecule has 1 aromatic carbocycles. The van der Waals surface area contributed by atoms with Gasteiger partial charge in [0.2, 0.25) is 0 Å². The first-order valence-corrected chi connectivity index (χ1v) is 9.41. The number of hydrogen-bond acceptors (Lipinski definition) is 4. The Morgan fingerprint density at radius 1 is 1.13 bits per heavy atom. The highest BCUT2D eigenvalue weighted by Gasteiger charge is 2.27. The summed E-state index contributed by atoms with van der Waals surface area (Å²) in [6.45, 7) is 2.93. The SMILES string of the molecule is C[N+](C)(C)C[C@@H]1CCCC[C@H]1O.Cc1ccc(S(=O)(=O)[O-])cc1. The van der Waals surface area contributed by atoms with Crippen molar-refractivity contribution in [1.29, 1.82) is 0 Å². The van der Waals surface area contributed by atoms with Gasteiger partial charge in [0, 0.05) is 5.92 Å². The molecule has 132 valence electrons. The van der Waals surface area contributed by atoms with Crippen molar-refractivity contribution in [1.82, 2.24) is 0 Å². The van der Waals surface area contributed by atoms with Gasteiger partial charge in [-0.05, 0) is 31.9 Å². The summed E-state index contributed by atoms with van der Waals surface area (Å²) in [5.41, 5.74) is 0.928. The van der Waals surface area contributed by atoms with Crippen LogP contribution in [0.5, 0.6) is 0 Å². The van der Waals surface area contributed by atoms with E-state index in [1.807, 2.05) is 6.92 Å². The molecule has 0 amide bonds. The van der Waals surface area contributed by atoms with Crippen LogP contribution >= 0.6 is 0 Å². The number of aryl methyl sites for hydroxylation is 1. The van der Waals surface area contributed by atoms with Crippen molar-refractivity contribution in [3.63, 3.8) is 0 Å². The summed E-state index contributed by atoms with van der Waals surface area (Å²) in [4.78, 5) is -0.178. The molecule has 0 aliphatic heterocycles. The molecule has 1 aromatic rings. The quantitative estimate of drug-likeness (QED) is 0.674. The molecule has 0 bridgehead atoms. The van der Waals surface area contributed by atoms with Crippen LogP contribution in [-0.2, 0) is 10.1 Å². The lowest BCUT2D eigenvalue weighted by molar-refractivity contribution is -0.874. The minimum absolute atomic E-state index is 0.0314. The average Bonchev–Trinajstić information content (AvgIpc) is 2.40. The summed E-state index contributed by atoms with van der Waals surface area (Å²) >= 11 is 0. The number of hydrogen-bond donors (Lipinski definition) is 1. The van der Waals surface area contributed by atoms with Gasteiger partial charge in [0.15, 0.2) is 0 Å². The van der Waals surface area contributed by atoms with Crippen LogP contribution in [0, 0.1) is 12.8 Å². The monoisotopic (exact) mass is 343 g/mol. The van der Waals surface area contributed by atoms with Gasteiger partial charge in [-0.25, -0.2) is 8.42 Å². The van der Waals surface area contributed by atoms with Gasteiger partial charge in [0.05, 0.1) is 38.7 Å². The zero-order chi connectivity index (χ0) is 17.7. The molecule has 6 heteroatoms. The van der Waals surface area contributed by atoms with E-state index in [0.29, 0.717) is 5.92 Å². The Morgan fingerprint density at radius 3 is 2.09 bits per heavy atom. The van der Waals surface area contributed by atoms with E-state index < -0.39 is 10.1 Å². The van der Waals surface area contributed by atoms with Crippen LogP contribution in [0.3, 0.4) is 0 Å². The molecular formula is C17H29NO4S. The molecular weight excluding hydrogens is 314 g/mol. The van der Waals surface area contributed by atoms with E-state index in [0.717, 1.165) is 23.0 Å². The number of quaternary nitrogens is 1. The van der Waals surface area contributed by atoms with E-state index in [9.17, 15) is 18.1 Å². The van der Waals surface area contributed by atoms with Gasteiger partial charge in [0.1, 0.15) is 10.1 Å². The molecule has 0 unspecified atom stereocenters. The van der Waals surface area contributed by atoms with Gasteiger partial charge < -0.3 is 14.1 Å². The summed E-state index contributed by atoms with van der Waals surface area (Å²) in [5.74, 6) is 0.541. The molecule has 0 radical (unpaired) electrons. The van der Waals surface area contributed by atoms with Crippen LogP contribution in [0.4, 0.5) is 0 Å². The normalized spacial score (nSPS) is 22.2. The third kappa shape index (κ3) is 7.92. The molecule has 5 nitrogen and oxygen atoms in total. The second-order valence-corrected chi connectivity index (χ2v) is 8.73. The Morgan fingerprint density at radius 2 is 1.65 bits per heavy atom. The highest BCUT2D eigenvalue weighted by Crippen LogP contribution is 2.25. The molecule has 0 aromatic heterocycles. The fourth-order valence-corrected chi connectivity index (χ4v) is 3.28. The van der Waals surface area contributed by atoms with Gasteiger partial charge in [0.25, 0.3) is 0 Å². The molecule has 1 aliphatic carbocycles. The number of nitrogens with zero attached hydrogens (tertiary/aromatic N) is 1. The van der Waals surface area contributed by atoms with Crippen molar-refractivity contribution in [2.45, 2.75) is 43.6 Å². The van der Waals surface area contributed by atoms with Crippen LogP contribution in [0.15, 0.2) is 29.2 Å². The molecule has 2 atom stereocenters. The first kappa shape index (κ1) is 20.1. The van der Waals surface area contributed by atoms with Crippen LogP contribution in [0.2, 0.25) is 0 Å². The zero-order valence-electron chi connectivity index (χ0n) is 14.5. The van der Waals surface area contributed by atoms with Crippen LogP contribution in [0.1, 0.15) is 31.2 Å². The van der Waals surface area contributed by atoms with Crippen molar-refractivity contribution < 1.29 is 22.6 Å². The molecule has 23 heavy (non-hydrogen) atoms. The Hall–Kier alpha value is -0.950. The van der Waals surface area contributed by atoms with E-state index in [2.05, 4.69) is 21.1 Å². The summed E-state index contributed by atoms with van der Waals surface area (Å²) in [6.07, 6.45) is 4.73. The number of aliphatic hydroxyl groups excluding tert-OH is 1. The van der Waals surface area contributed by atoms with E-state index in [-0.39, 0.29) is 11.0 Å². The minimum atomic E-state index is -4.27. The Bertz CT molecular complexity index is 576. The third-order valence-electron chi connectivity index (χ3n) is 3.96. The maximum absolute atomic E-state index is 10.4. The average molecular weight is 343 g/mol. The number of benzene rings is 1. The van der Waals surface area contributed by atoms with Gasteiger partial charge in [-0.2, -0.15) is 0 Å². The first-order valence-electron chi connectivity index (χ1n) is 8.00. The summed E-state index contributed by atoms with van der Waals surface area (Å²) < 4.78 is 32.1. The Balaban J connectivity index is 0.000000231. The molecule has 0 heterocycles. The molecule has 1 aliphatic rings. The summed E-state index contributed by atoms with van der Waals surface area (Å²) in [5, 5.41) is 9.72. The van der Waals surface area contributed by atoms with Crippen molar-refractivity contribution in [2.75, 3.05) is 27.7 Å². The Kier molecular flexibility index (Phi) is 7.20. The molecule has 1 saturated carbocycles. The smallest absolute Gasteiger partial charge is 0.124 e. The molecule has 1 N–H and O–H groups in total. The first-order chi connectivity index (χ1) is 10.5. The lowest BCUT2D eigenvalue weighted by Gasteiger charge is -2.34. The van der Waals surface area contributed by atoms with E-state index >= 15 is 0 Å². The van der Waals surface area contributed by atoms with Gasteiger partial charge in [-0.1, -0.05) is 30.5 Å². The van der Waals surface area contributed by atoms with E-state index in [4.69, 9.17) is 0 Å². The standard InChI is InChI=1S/C10H22NO.C7H8O3S/c1-11(2,3)8-9-6-4-5-7-10(9)12;1-6-2-4-7(5-3-6)11(8,9)10/h9-10,12H,4-8H2,1-3H3;2-5H,1H3,(H,8,9,10)/q+1;/p-1/t9-,10+;/m0./s1. The van der Waals surface area contributed by atoms with E-state index in [1.54, 1.807) is 12.1 Å². The topological polar surface area (TPSA) is 77.4 Å². The van der Waals surface area contributed by atoms with Crippen LogP contribution in [0.25, 0.3) is 0 Å². The summed E-state index contributed by atoms with van der Waals surface area (Å²) in [6, 6.07) is 5.78. The summed E-state index contributed by atoms with van der Waals surface area (Å²) in [7, 11) is 2.32. The van der Waals surface area contributed by atoms with Crippen molar-refractivity contribution in [3.8, 4) is 0 Å². The predicted octanol–water partition coefficient (Wildman–Crippen LogP) is 2.14. The van der Waals surface area contributed by atoms with Crippen LogP contribution in [-0.4, -0.2) is 56.4 Å². The Labute approximate surface area is 140 Å². The lowest BCUT2D eigenvalue weighted by Crippen LogP contribution is -2.43. The van der Waals surface area contributed by atoms with Crippen LogP contribution < -0.4 is 0 Å². The zero-order valence-corrected chi connectivity index (χ0v) is 15.3. The minimum Gasteiger partial charge on any atom is -0.744 e. The fraction of sp³-hybridized carbons (Fsp3) is 0.647. The second kappa shape index (κ2) is 8.24. The number of rotatable bonds is 3. The largest absolute Gasteiger partial charge is 0.744 e. The molecule has 0 spiro atoms.